The summed E-state index contributed by atoms with van der Waals surface area (Å²) >= 11 is 0. The van der Waals surface area contributed by atoms with Gasteiger partial charge in [-0.05, 0) is 25.5 Å². The van der Waals surface area contributed by atoms with Crippen LogP contribution in [0.25, 0.3) is 0 Å². The second kappa shape index (κ2) is 7.41. The summed E-state index contributed by atoms with van der Waals surface area (Å²) < 4.78 is 5.49. The Balaban J connectivity index is 2.25. The van der Waals surface area contributed by atoms with E-state index in [0.717, 1.165) is 5.75 Å². The molecular formula is C14H19NO4. The van der Waals surface area contributed by atoms with E-state index in [1.807, 2.05) is 30.3 Å². The van der Waals surface area contributed by atoms with Crippen molar-refractivity contribution in [2.24, 2.45) is 5.92 Å². The van der Waals surface area contributed by atoms with Crippen LogP contribution in [0, 0.1) is 5.92 Å². The monoisotopic (exact) mass is 265 g/mol. The van der Waals surface area contributed by atoms with Crippen LogP contribution < -0.4 is 4.74 Å². The van der Waals surface area contributed by atoms with Gasteiger partial charge in [-0.15, -0.1) is 0 Å². The topological polar surface area (TPSA) is 66.8 Å². The van der Waals surface area contributed by atoms with E-state index in [-0.39, 0.29) is 5.91 Å². The molecule has 1 atom stereocenters. The van der Waals surface area contributed by atoms with Crippen LogP contribution in [-0.4, -0.2) is 42.1 Å². The largest absolute Gasteiger partial charge is 0.494 e. The van der Waals surface area contributed by atoms with Gasteiger partial charge in [0.1, 0.15) is 11.7 Å². The molecule has 0 aliphatic heterocycles. The van der Waals surface area contributed by atoms with Crippen molar-refractivity contribution in [2.75, 3.05) is 20.2 Å². The fourth-order valence-electron chi connectivity index (χ4n) is 1.55. The van der Waals surface area contributed by atoms with Crippen LogP contribution in [0.5, 0.6) is 5.75 Å². The lowest BCUT2D eigenvalue weighted by atomic mass is 10.1. The minimum atomic E-state index is -1.10. The lowest BCUT2D eigenvalue weighted by molar-refractivity contribution is -0.149. The second-order valence-electron chi connectivity index (χ2n) is 4.33. The van der Waals surface area contributed by atoms with E-state index in [0.29, 0.717) is 19.6 Å². The molecule has 1 unspecified atom stereocenters. The molecule has 0 fully saturated rings. The van der Waals surface area contributed by atoms with Gasteiger partial charge in [0.05, 0.1) is 6.61 Å². The highest BCUT2D eigenvalue weighted by atomic mass is 16.5. The molecule has 1 aromatic rings. The number of carboxylic acid groups (broad SMARTS) is 1. The first-order valence-electron chi connectivity index (χ1n) is 6.18. The predicted molar refractivity (Wildman–Crippen MR) is 71.0 cm³/mol. The maximum absolute atomic E-state index is 11.7. The zero-order chi connectivity index (χ0) is 14.3. The van der Waals surface area contributed by atoms with Crippen molar-refractivity contribution < 1.29 is 19.4 Å². The second-order valence-corrected chi connectivity index (χ2v) is 4.33. The van der Waals surface area contributed by atoms with Crippen molar-refractivity contribution in [3.63, 3.8) is 0 Å². The van der Waals surface area contributed by atoms with Gasteiger partial charge < -0.3 is 14.7 Å². The number of nitrogens with zero attached hydrogens (tertiary/aromatic N) is 1. The van der Waals surface area contributed by atoms with Crippen molar-refractivity contribution in [1.82, 2.24) is 4.90 Å². The number of carbonyl (C=O) groups excluding carboxylic acids is 1. The van der Waals surface area contributed by atoms with Crippen molar-refractivity contribution in [2.45, 2.75) is 13.3 Å². The zero-order valence-corrected chi connectivity index (χ0v) is 11.2. The minimum absolute atomic E-state index is 0.382. The first kappa shape index (κ1) is 15.0. The summed E-state index contributed by atoms with van der Waals surface area (Å²) in [6.07, 6.45) is 0.656. The molecule has 0 saturated carbocycles. The van der Waals surface area contributed by atoms with Gasteiger partial charge in [0.15, 0.2) is 0 Å². The van der Waals surface area contributed by atoms with Gasteiger partial charge >= 0.3 is 5.97 Å². The molecule has 1 amide bonds. The van der Waals surface area contributed by atoms with Crippen LogP contribution in [0.2, 0.25) is 0 Å². The molecule has 0 heterocycles. The Bertz CT molecular complexity index is 419. The van der Waals surface area contributed by atoms with Gasteiger partial charge in [0.25, 0.3) is 0 Å². The average Bonchev–Trinajstić information content (AvgIpc) is 2.42. The van der Waals surface area contributed by atoms with Gasteiger partial charge in [-0.3, -0.25) is 9.59 Å². The zero-order valence-electron chi connectivity index (χ0n) is 11.2. The Morgan fingerprint density at radius 3 is 2.53 bits per heavy atom. The van der Waals surface area contributed by atoms with Crippen LogP contribution in [-0.2, 0) is 9.59 Å². The molecule has 19 heavy (non-hydrogen) atoms. The normalized spacial score (nSPS) is 11.7. The molecule has 5 nitrogen and oxygen atoms in total. The van der Waals surface area contributed by atoms with Gasteiger partial charge in [0.2, 0.25) is 5.91 Å². The fraction of sp³-hybridized carbons (Fsp3) is 0.429. The highest BCUT2D eigenvalue weighted by Crippen LogP contribution is 2.08. The molecule has 0 aliphatic carbocycles. The number of amides is 1. The predicted octanol–water partition coefficient (Wildman–Crippen LogP) is 1.63. The van der Waals surface area contributed by atoms with E-state index in [1.165, 1.54) is 11.8 Å². The third kappa shape index (κ3) is 4.99. The number of hydrogen-bond donors (Lipinski definition) is 1. The number of benzene rings is 1. The lowest BCUT2D eigenvalue weighted by Crippen LogP contribution is -2.36. The highest BCUT2D eigenvalue weighted by Gasteiger charge is 2.23. The number of carboxylic acids is 1. The van der Waals surface area contributed by atoms with Crippen LogP contribution >= 0.6 is 0 Å². The van der Waals surface area contributed by atoms with Gasteiger partial charge in [-0.1, -0.05) is 18.2 Å². The average molecular weight is 265 g/mol. The number of rotatable bonds is 7. The van der Waals surface area contributed by atoms with E-state index < -0.39 is 11.9 Å². The van der Waals surface area contributed by atoms with Crippen molar-refractivity contribution in [3.05, 3.63) is 30.3 Å². The minimum Gasteiger partial charge on any atom is -0.494 e. The Kier molecular flexibility index (Phi) is 5.85. The Hall–Kier alpha value is -2.04. The van der Waals surface area contributed by atoms with E-state index in [2.05, 4.69) is 0 Å². The number of para-hydroxylation sites is 1. The quantitative estimate of drug-likeness (QED) is 0.601. The van der Waals surface area contributed by atoms with Crippen LogP contribution in [0.4, 0.5) is 0 Å². The van der Waals surface area contributed by atoms with Crippen LogP contribution in [0.1, 0.15) is 13.3 Å². The third-order valence-corrected chi connectivity index (χ3v) is 2.77. The standard InChI is InChI=1S/C14H19NO4/c1-11(14(17)18)13(16)15(2)9-6-10-19-12-7-4-3-5-8-12/h3-5,7-8,11H,6,9-10H2,1-2H3,(H,17,18). The van der Waals surface area contributed by atoms with Crippen LogP contribution in [0.15, 0.2) is 30.3 Å². The van der Waals surface area contributed by atoms with Crippen molar-refractivity contribution in [1.29, 1.82) is 0 Å². The summed E-state index contributed by atoms with van der Waals surface area (Å²) in [5.74, 6) is -1.69. The summed E-state index contributed by atoms with van der Waals surface area (Å²) in [4.78, 5) is 23.8. The molecule has 0 saturated heterocycles. The molecule has 1 N–H and O–H groups in total. The smallest absolute Gasteiger partial charge is 0.315 e. The molecule has 0 spiro atoms. The molecule has 1 aromatic carbocycles. The number of carbonyl (C=O) groups is 2. The maximum atomic E-state index is 11.7. The molecule has 104 valence electrons. The number of hydrogen-bond acceptors (Lipinski definition) is 3. The lowest BCUT2D eigenvalue weighted by Gasteiger charge is -2.19. The summed E-state index contributed by atoms with van der Waals surface area (Å²) in [6.45, 7) is 2.36. The molecule has 0 aromatic heterocycles. The summed E-state index contributed by atoms with van der Waals surface area (Å²) in [5, 5.41) is 8.75. The van der Waals surface area contributed by atoms with Crippen molar-refractivity contribution in [3.8, 4) is 5.75 Å². The SMILES string of the molecule is CC(C(=O)O)C(=O)N(C)CCCOc1ccccc1. The summed E-state index contributed by atoms with van der Waals surface area (Å²) in [6, 6.07) is 9.41. The first-order valence-corrected chi connectivity index (χ1v) is 6.18. The van der Waals surface area contributed by atoms with Gasteiger partial charge in [-0.2, -0.15) is 0 Å². The summed E-state index contributed by atoms with van der Waals surface area (Å²) in [5.41, 5.74) is 0. The molecule has 0 bridgehead atoms. The third-order valence-electron chi connectivity index (χ3n) is 2.77. The van der Waals surface area contributed by atoms with Crippen LogP contribution in [0.3, 0.4) is 0 Å². The van der Waals surface area contributed by atoms with Crippen molar-refractivity contribution >= 4 is 11.9 Å². The maximum Gasteiger partial charge on any atom is 0.315 e. The Morgan fingerprint density at radius 2 is 1.95 bits per heavy atom. The highest BCUT2D eigenvalue weighted by molar-refractivity contribution is 5.96. The Labute approximate surface area is 112 Å². The first-order chi connectivity index (χ1) is 9.02. The van der Waals surface area contributed by atoms with Gasteiger partial charge in [-0.25, -0.2) is 0 Å². The Morgan fingerprint density at radius 1 is 1.32 bits per heavy atom. The van der Waals surface area contributed by atoms with E-state index in [9.17, 15) is 9.59 Å². The molecule has 0 radical (unpaired) electrons. The molecule has 5 heteroatoms. The van der Waals surface area contributed by atoms with E-state index in [1.54, 1.807) is 7.05 Å². The summed E-state index contributed by atoms with van der Waals surface area (Å²) in [7, 11) is 1.60. The fourth-order valence-corrected chi connectivity index (χ4v) is 1.55. The van der Waals surface area contributed by atoms with Gasteiger partial charge in [0, 0.05) is 13.6 Å². The number of aliphatic carboxylic acids is 1. The molecular weight excluding hydrogens is 246 g/mol. The molecule has 1 rings (SSSR count). The molecule has 0 aliphatic rings. The van der Waals surface area contributed by atoms with E-state index >= 15 is 0 Å². The number of ether oxygens (including phenoxy) is 1. The van der Waals surface area contributed by atoms with E-state index in [4.69, 9.17) is 9.84 Å².